The van der Waals surface area contributed by atoms with E-state index in [9.17, 15) is 9.90 Å². The maximum Gasteiger partial charge on any atom is 0.276 e. The van der Waals surface area contributed by atoms with E-state index in [-0.39, 0.29) is 17.9 Å². The van der Waals surface area contributed by atoms with Gasteiger partial charge in [-0.2, -0.15) is 0 Å². The molecule has 1 aromatic heterocycles. The maximum absolute atomic E-state index is 13.3. The third-order valence-corrected chi connectivity index (χ3v) is 6.76. The summed E-state index contributed by atoms with van der Waals surface area (Å²) in [6, 6.07) is 10.1. The first-order valence-electron chi connectivity index (χ1n) is 10.2. The summed E-state index contributed by atoms with van der Waals surface area (Å²) in [6.07, 6.45) is 8.24. The van der Waals surface area contributed by atoms with E-state index in [1.165, 1.54) is 6.39 Å². The molecule has 1 saturated heterocycles. The summed E-state index contributed by atoms with van der Waals surface area (Å²) >= 11 is 0. The number of hydrogen-bond acceptors (Lipinski definition) is 4. The molecule has 5 rings (SSSR count). The molecular weight excluding hydrogens is 340 g/mol. The first kappa shape index (κ1) is 17.0. The molecule has 5 heteroatoms. The van der Waals surface area contributed by atoms with E-state index in [2.05, 4.69) is 4.98 Å². The number of aromatic nitrogens is 1. The van der Waals surface area contributed by atoms with Crippen LogP contribution in [0.2, 0.25) is 0 Å². The molecule has 0 bridgehead atoms. The fraction of sp³-hybridized carbons (Fsp3) is 0.545. The van der Waals surface area contributed by atoms with Crippen LogP contribution in [0.3, 0.4) is 0 Å². The second-order valence-electron chi connectivity index (χ2n) is 8.34. The number of likely N-dealkylation sites (tertiary alicyclic amines) is 1. The summed E-state index contributed by atoms with van der Waals surface area (Å²) in [6.45, 7) is 0.558. The van der Waals surface area contributed by atoms with Crippen molar-refractivity contribution in [1.82, 2.24) is 9.88 Å². The third kappa shape index (κ3) is 2.80. The fourth-order valence-electron chi connectivity index (χ4n) is 5.21. The van der Waals surface area contributed by atoms with Crippen LogP contribution >= 0.6 is 0 Å². The van der Waals surface area contributed by atoms with E-state index in [0.29, 0.717) is 24.6 Å². The van der Waals surface area contributed by atoms with Gasteiger partial charge in [-0.25, -0.2) is 4.98 Å². The summed E-state index contributed by atoms with van der Waals surface area (Å²) in [4.78, 5) is 19.6. The molecule has 3 fully saturated rings. The van der Waals surface area contributed by atoms with Crippen molar-refractivity contribution < 1.29 is 14.3 Å². The highest BCUT2D eigenvalue weighted by Crippen LogP contribution is 2.48. The van der Waals surface area contributed by atoms with Crippen LogP contribution in [-0.4, -0.2) is 33.5 Å². The van der Waals surface area contributed by atoms with Crippen LogP contribution in [0.1, 0.15) is 72.7 Å². The molecule has 1 aliphatic heterocycles. The Labute approximate surface area is 159 Å². The Balaban J connectivity index is 1.46. The van der Waals surface area contributed by atoms with Gasteiger partial charge in [0.1, 0.15) is 5.76 Å². The summed E-state index contributed by atoms with van der Waals surface area (Å²) in [5, 5.41) is 11.6. The van der Waals surface area contributed by atoms with Crippen LogP contribution in [0.15, 0.2) is 41.1 Å². The smallest absolute Gasteiger partial charge is 0.276 e. The molecule has 1 aromatic carbocycles. The van der Waals surface area contributed by atoms with E-state index in [1.54, 1.807) is 0 Å². The molecule has 3 aliphatic rings. The lowest BCUT2D eigenvalue weighted by Gasteiger charge is -2.52. The number of nitrogens with zero attached hydrogens (tertiary/aromatic N) is 2. The predicted octanol–water partition coefficient (Wildman–Crippen LogP) is 3.84. The Bertz CT molecular complexity index is 829. The van der Waals surface area contributed by atoms with Gasteiger partial charge in [-0.15, -0.1) is 0 Å². The maximum atomic E-state index is 13.3. The molecule has 2 saturated carbocycles. The predicted molar refractivity (Wildman–Crippen MR) is 100 cm³/mol. The minimum atomic E-state index is -0.855. The number of rotatable bonds is 3. The third-order valence-electron chi connectivity index (χ3n) is 6.76. The van der Waals surface area contributed by atoms with Gasteiger partial charge in [-0.3, -0.25) is 4.79 Å². The Morgan fingerprint density at radius 2 is 1.93 bits per heavy atom. The van der Waals surface area contributed by atoms with E-state index in [4.69, 9.17) is 4.42 Å². The van der Waals surface area contributed by atoms with Crippen molar-refractivity contribution in [3.05, 3.63) is 53.7 Å². The number of hydrogen-bond donors (Lipinski definition) is 1. The van der Waals surface area contributed by atoms with E-state index >= 15 is 0 Å². The standard InChI is InChI=1S/C22H26N2O3/c25-21(19-20(15-10-11-15)27-14-23-19)24-13-12-22(26,16-6-2-1-3-7-16)17-8-4-5-9-18(17)24/h1-3,6-7,14-15,17-18,26H,4-5,8-13H2/t17-,18-,22+/m1/s1. The second-order valence-corrected chi connectivity index (χ2v) is 8.34. The molecule has 2 aliphatic carbocycles. The van der Waals surface area contributed by atoms with Crippen molar-refractivity contribution in [1.29, 1.82) is 0 Å². The minimum Gasteiger partial charge on any atom is -0.447 e. The van der Waals surface area contributed by atoms with Crippen molar-refractivity contribution in [3.8, 4) is 0 Å². The van der Waals surface area contributed by atoms with Crippen LogP contribution in [-0.2, 0) is 5.60 Å². The quantitative estimate of drug-likeness (QED) is 0.896. The van der Waals surface area contributed by atoms with Crippen molar-refractivity contribution in [3.63, 3.8) is 0 Å². The van der Waals surface area contributed by atoms with Crippen LogP contribution in [0, 0.1) is 5.92 Å². The molecule has 5 nitrogen and oxygen atoms in total. The zero-order valence-electron chi connectivity index (χ0n) is 15.5. The first-order chi connectivity index (χ1) is 13.2. The molecule has 0 radical (unpaired) electrons. The largest absolute Gasteiger partial charge is 0.447 e. The van der Waals surface area contributed by atoms with Gasteiger partial charge < -0.3 is 14.4 Å². The normalized spacial score (nSPS) is 30.8. The second kappa shape index (κ2) is 6.48. The molecule has 2 aromatic rings. The molecule has 142 valence electrons. The number of benzene rings is 1. The lowest BCUT2D eigenvalue weighted by molar-refractivity contribution is -0.110. The van der Waals surface area contributed by atoms with Crippen LogP contribution < -0.4 is 0 Å². The van der Waals surface area contributed by atoms with Gasteiger partial charge in [0.15, 0.2) is 12.1 Å². The number of carbonyl (C=O) groups is 1. The van der Waals surface area contributed by atoms with E-state index in [0.717, 1.165) is 49.8 Å². The zero-order valence-corrected chi connectivity index (χ0v) is 15.5. The van der Waals surface area contributed by atoms with Crippen molar-refractivity contribution in [2.24, 2.45) is 5.92 Å². The summed E-state index contributed by atoms with van der Waals surface area (Å²) in [7, 11) is 0. The Hall–Kier alpha value is -2.14. The van der Waals surface area contributed by atoms with Gasteiger partial charge >= 0.3 is 0 Å². The topological polar surface area (TPSA) is 66.6 Å². The summed E-state index contributed by atoms with van der Waals surface area (Å²) in [5.41, 5.74) is 0.618. The zero-order chi connectivity index (χ0) is 18.4. The number of oxazole rings is 1. The fourth-order valence-corrected chi connectivity index (χ4v) is 5.21. The first-order valence-corrected chi connectivity index (χ1v) is 10.2. The van der Waals surface area contributed by atoms with Crippen molar-refractivity contribution in [2.45, 2.75) is 62.5 Å². The highest BCUT2D eigenvalue weighted by Gasteiger charge is 2.51. The van der Waals surface area contributed by atoms with E-state index in [1.807, 2.05) is 35.2 Å². The van der Waals surface area contributed by atoms with Crippen LogP contribution in [0.4, 0.5) is 0 Å². The van der Waals surface area contributed by atoms with Crippen LogP contribution in [0.5, 0.6) is 0 Å². The Kier molecular flexibility index (Phi) is 4.08. The van der Waals surface area contributed by atoms with Crippen molar-refractivity contribution >= 4 is 5.91 Å². The number of carbonyl (C=O) groups excluding carboxylic acids is 1. The SMILES string of the molecule is O=C(c1ncoc1C1CC1)N1CC[C@](O)(c2ccccc2)[C@@H]2CCCC[C@H]21. The average Bonchev–Trinajstić information content (AvgIpc) is 3.45. The number of piperidine rings is 1. The molecule has 2 heterocycles. The summed E-state index contributed by atoms with van der Waals surface area (Å²) in [5.74, 6) is 1.18. The molecule has 1 amide bonds. The minimum absolute atomic E-state index is 0.0161. The van der Waals surface area contributed by atoms with Crippen molar-refractivity contribution in [2.75, 3.05) is 6.54 Å². The number of amides is 1. The Morgan fingerprint density at radius 1 is 1.15 bits per heavy atom. The van der Waals surface area contributed by atoms with Gasteiger partial charge in [0.05, 0.1) is 5.60 Å². The highest BCUT2D eigenvalue weighted by atomic mass is 16.3. The highest BCUT2D eigenvalue weighted by molar-refractivity contribution is 5.93. The molecule has 27 heavy (non-hydrogen) atoms. The number of fused-ring (bicyclic) bond motifs is 1. The molecule has 0 spiro atoms. The lowest BCUT2D eigenvalue weighted by atomic mass is 9.66. The molecule has 3 atom stereocenters. The van der Waals surface area contributed by atoms with Gasteiger partial charge in [0, 0.05) is 24.4 Å². The van der Waals surface area contributed by atoms with Crippen LogP contribution in [0.25, 0.3) is 0 Å². The van der Waals surface area contributed by atoms with E-state index < -0.39 is 5.60 Å². The molecule has 1 N–H and O–H groups in total. The summed E-state index contributed by atoms with van der Waals surface area (Å²) < 4.78 is 5.54. The average molecular weight is 366 g/mol. The number of aliphatic hydroxyl groups is 1. The monoisotopic (exact) mass is 366 g/mol. The lowest BCUT2D eigenvalue weighted by Crippen LogP contribution is -2.59. The molecule has 0 unspecified atom stereocenters. The van der Waals surface area contributed by atoms with Gasteiger partial charge in [0.2, 0.25) is 0 Å². The Morgan fingerprint density at radius 3 is 2.70 bits per heavy atom. The van der Waals surface area contributed by atoms with Gasteiger partial charge in [0.25, 0.3) is 5.91 Å². The van der Waals surface area contributed by atoms with Gasteiger partial charge in [-0.05, 0) is 37.7 Å². The molecular formula is C22H26N2O3. The van der Waals surface area contributed by atoms with Gasteiger partial charge in [-0.1, -0.05) is 43.2 Å².